The summed E-state index contributed by atoms with van der Waals surface area (Å²) < 4.78 is 20.3. The molecule has 9 heteroatoms. The summed E-state index contributed by atoms with van der Waals surface area (Å²) in [4.78, 5) is 26.6. The Hall–Kier alpha value is -2.65. The van der Waals surface area contributed by atoms with E-state index in [1.54, 1.807) is 0 Å². The van der Waals surface area contributed by atoms with E-state index in [1.165, 1.54) is 29.9 Å². The van der Waals surface area contributed by atoms with Gasteiger partial charge in [0, 0.05) is 44.7 Å². The van der Waals surface area contributed by atoms with E-state index in [1.807, 2.05) is 0 Å². The number of aromatic nitrogens is 1. The first-order valence-electron chi connectivity index (χ1n) is 8.80. The number of halogens is 1. The maximum absolute atomic E-state index is 14.2. The zero-order chi connectivity index (χ0) is 19.4. The number of rotatable bonds is 6. The summed E-state index contributed by atoms with van der Waals surface area (Å²) in [5.74, 6) is -2.33. The number of benzene rings is 1. The van der Waals surface area contributed by atoms with E-state index >= 15 is 0 Å². The van der Waals surface area contributed by atoms with Gasteiger partial charge in [0.15, 0.2) is 11.6 Å². The average Bonchev–Trinajstić information content (AvgIpc) is 3.04. The minimum absolute atomic E-state index is 0.0502. The third-order valence-electron chi connectivity index (χ3n) is 4.66. The fourth-order valence-electron chi connectivity index (χ4n) is 3.22. The van der Waals surface area contributed by atoms with Gasteiger partial charge in [-0.25, -0.2) is 9.18 Å². The van der Waals surface area contributed by atoms with Crippen LogP contribution in [0.25, 0.3) is 10.9 Å². The van der Waals surface area contributed by atoms with E-state index in [2.05, 4.69) is 15.5 Å². The Morgan fingerprint density at radius 3 is 2.78 bits per heavy atom. The number of nitrogens with one attached hydrogen (secondary N) is 2. The monoisotopic (exact) mass is 378 g/mol. The summed E-state index contributed by atoms with van der Waals surface area (Å²) in [5.41, 5.74) is 0.386. The molecule has 27 heavy (non-hydrogen) atoms. The second-order valence-corrected chi connectivity index (χ2v) is 6.38. The number of phenols is 1. The van der Waals surface area contributed by atoms with Crippen molar-refractivity contribution >= 4 is 22.8 Å². The van der Waals surface area contributed by atoms with Crippen LogP contribution in [-0.2, 0) is 16.1 Å². The van der Waals surface area contributed by atoms with Crippen molar-refractivity contribution in [2.75, 3.05) is 46.4 Å². The molecule has 1 aliphatic rings. The molecule has 0 bridgehead atoms. The van der Waals surface area contributed by atoms with Crippen LogP contribution in [-0.4, -0.2) is 72.8 Å². The van der Waals surface area contributed by atoms with Crippen molar-refractivity contribution in [2.45, 2.75) is 6.54 Å². The van der Waals surface area contributed by atoms with Gasteiger partial charge in [0.2, 0.25) is 5.91 Å². The van der Waals surface area contributed by atoms with Crippen LogP contribution in [0, 0.1) is 5.82 Å². The van der Waals surface area contributed by atoms with Gasteiger partial charge in [0.25, 0.3) is 0 Å². The van der Waals surface area contributed by atoms with Crippen LogP contribution in [0.2, 0.25) is 0 Å². The summed E-state index contributed by atoms with van der Waals surface area (Å²) in [6.07, 6.45) is 0. The molecule has 1 aliphatic heterocycles. The Bertz CT molecular complexity index is 845. The molecule has 0 saturated carbocycles. The summed E-state index contributed by atoms with van der Waals surface area (Å²) >= 11 is 0. The first-order valence-corrected chi connectivity index (χ1v) is 8.80. The first kappa shape index (κ1) is 19.1. The van der Waals surface area contributed by atoms with Crippen LogP contribution in [0.4, 0.5) is 4.39 Å². The highest BCUT2D eigenvalue weighted by atomic mass is 19.1. The molecule has 0 aliphatic carbocycles. The third-order valence-corrected chi connectivity index (χ3v) is 4.66. The molecule has 1 fully saturated rings. The van der Waals surface area contributed by atoms with Gasteiger partial charge in [0.05, 0.1) is 12.6 Å². The van der Waals surface area contributed by atoms with Gasteiger partial charge in [-0.3, -0.25) is 9.69 Å². The van der Waals surface area contributed by atoms with Gasteiger partial charge < -0.3 is 25.0 Å². The fourth-order valence-corrected chi connectivity index (χ4v) is 3.22. The smallest absolute Gasteiger partial charge is 0.354 e. The standard InChI is InChI=1S/C18H23FN4O4/c1-27-18(26)14-10-12-13(2-3-15(24)17(12)19)23(14)11-16(25)21-6-9-22-7-4-20-5-8-22/h2-3,10,20,24H,4-9,11H2,1H3,(H,21,25). The Morgan fingerprint density at radius 2 is 2.07 bits per heavy atom. The SMILES string of the molecule is COC(=O)c1cc2c(F)c(O)ccc2n1CC(=O)NCCN1CCNCC1. The molecule has 1 saturated heterocycles. The lowest BCUT2D eigenvalue weighted by molar-refractivity contribution is -0.121. The number of amides is 1. The molecular formula is C18H23FN4O4. The van der Waals surface area contributed by atoms with Gasteiger partial charge in [-0.2, -0.15) is 0 Å². The van der Waals surface area contributed by atoms with Gasteiger partial charge in [-0.15, -0.1) is 0 Å². The van der Waals surface area contributed by atoms with Crippen LogP contribution in [0.15, 0.2) is 18.2 Å². The predicted octanol–water partition coefficient (Wildman–Crippen LogP) is 0.294. The van der Waals surface area contributed by atoms with Crippen LogP contribution >= 0.6 is 0 Å². The molecule has 2 heterocycles. The van der Waals surface area contributed by atoms with Crippen molar-refractivity contribution in [1.29, 1.82) is 0 Å². The Labute approximate surface area is 155 Å². The molecule has 146 valence electrons. The molecule has 0 unspecified atom stereocenters. The van der Waals surface area contributed by atoms with Crippen LogP contribution in [0.1, 0.15) is 10.5 Å². The molecule has 1 amide bonds. The number of aromatic hydroxyl groups is 1. The maximum Gasteiger partial charge on any atom is 0.354 e. The number of piperazine rings is 1. The highest BCUT2D eigenvalue weighted by Gasteiger charge is 2.21. The van der Waals surface area contributed by atoms with E-state index in [0.29, 0.717) is 12.1 Å². The maximum atomic E-state index is 14.2. The van der Waals surface area contributed by atoms with Crippen LogP contribution < -0.4 is 10.6 Å². The lowest BCUT2D eigenvalue weighted by atomic mass is 10.2. The first-order chi connectivity index (χ1) is 13.0. The molecule has 0 radical (unpaired) electrons. The lowest BCUT2D eigenvalue weighted by Gasteiger charge is -2.27. The van der Waals surface area contributed by atoms with Crippen LogP contribution in [0.3, 0.4) is 0 Å². The number of carbonyl (C=O) groups excluding carboxylic acids is 2. The fraction of sp³-hybridized carbons (Fsp3) is 0.444. The molecule has 3 N–H and O–H groups in total. The third kappa shape index (κ3) is 4.20. The Morgan fingerprint density at radius 1 is 1.33 bits per heavy atom. The summed E-state index contributed by atoms with van der Waals surface area (Å²) in [6, 6.07) is 3.94. The normalized spacial score (nSPS) is 15.0. The number of esters is 1. The van der Waals surface area contributed by atoms with Crippen molar-refractivity contribution in [2.24, 2.45) is 0 Å². The van der Waals surface area contributed by atoms with E-state index in [0.717, 1.165) is 32.7 Å². The van der Waals surface area contributed by atoms with E-state index < -0.39 is 17.5 Å². The Balaban J connectivity index is 1.73. The van der Waals surface area contributed by atoms with Gasteiger partial charge >= 0.3 is 5.97 Å². The molecule has 0 spiro atoms. The van der Waals surface area contributed by atoms with E-state index in [-0.39, 0.29) is 23.5 Å². The summed E-state index contributed by atoms with van der Waals surface area (Å²) in [7, 11) is 1.21. The largest absolute Gasteiger partial charge is 0.505 e. The lowest BCUT2D eigenvalue weighted by Crippen LogP contribution is -2.46. The summed E-state index contributed by atoms with van der Waals surface area (Å²) in [6.45, 7) is 4.82. The molecule has 8 nitrogen and oxygen atoms in total. The minimum Gasteiger partial charge on any atom is -0.505 e. The van der Waals surface area contributed by atoms with E-state index in [9.17, 15) is 19.1 Å². The average molecular weight is 378 g/mol. The number of ether oxygens (including phenoxy) is 1. The zero-order valence-electron chi connectivity index (χ0n) is 15.1. The quantitative estimate of drug-likeness (QED) is 0.626. The number of nitrogens with zero attached hydrogens (tertiary/aromatic N) is 2. The molecule has 1 aromatic heterocycles. The molecule has 1 aromatic carbocycles. The highest BCUT2D eigenvalue weighted by molar-refractivity contribution is 5.97. The zero-order valence-corrected chi connectivity index (χ0v) is 15.1. The number of phenolic OH excluding ortho intramolecular Hbond substituents is 1. The summed E-state index contributed by atoms with van der Waals surface area (Å²) in [5, 5.41) is 15.7. The molecular weight excluding hydrogens is 355 g/mol. The van der Waals surface area contributed by atoms with Gasteiger partial charge in [-0.1, -0.05) is 0 Å². The van der Waals surface area contributed by atoms with E-state index in [4.69, 9.17) is 4.74 Å². The second kappa shape index (κ2) is 8.36. The van der Waals surface area contributed by atoms with Crippen molar-refractivity contribution in [3.05, 3.63) is 29.7 Å². The number of hydrogen-bond donors (Lipinski definition) is 3. The molecule has 2 aromatic rings. The second-order valence-electron chi connectivity index (χ2n) is 6.38. The van der Waals surface area contributed by atoms with Crippen molar-refractivity contribution in [3.63, 3.8) is 0 Å². The number of methoxy groups -OCH3 is 1. The van der Waals surface area contributed by atoms with Crippen molar-refractivity contribution < 1.29 is 23.8 Å². The number of carbonyl (C=O) groups is 2. The number of fused-ring (bicyclic) bond motifs is 1. The highest BCUT2D eigenvalue weighted by Crippen LogP contribution is 2.28. The van der Waals surface area contributed by atoms with Gasteiger partial charge in [0.1, 0.15) is 12.2 Å². The van der Waals surface area contributed by atoms with Gasteiger partial charge in [-0.05, 0) is 18.2 Å². The molecule has 0 atom stereocenters. The van der Waals surface area contributed by atoms with Crippen molar-refractivity contribution in [3.8, 4) is 5.75 Å². The molecule has 3 rings (SSSR count). The van der Waals surface area contributed by atoms with Crippen molar-refractivity contribution in [1.82, 2.24) is 20.1 Å². The van der Waals surface area contributed by atoms with Crippen LogP contribution in [0.5, 0.6) is 5.75 Å². The Kier molecular flexibility index (Phi) is 5.92. The minimum atomic E-state index is -0.837. The predicted molar refractivity (Wildman–Crippen MR) is 97.2 cm³/mol. The number of hydrogen-bond acceptors (Lipinski definition) is 6. The topological polar surface area (TPSA) is 95.8 Å².